The van der Waals surface area contributed by atoms with Crippen LogP contribution in [0.4, 0.5) is 0 Å². The molecular formula is C41H36N2O3. The Kier molecular flexibility index (Phi) is 7.83. The summed E-state index contributed by atoms with van der Waals surface area (Å²) in [5.41, 5.74) is 5.47. The molecule has 0 fully saturated rings. The van der Waals surface area contributed by atoms with Crippen LogP contribution in [0.25, 0.3) is 10.9 Å². The molecule has 0 saturated heterocycles. The van der Waals surface area contributed by atoms with Gasteiger partial charge in [-0.25, -0.2) is 0 Å². The first kappa shape index (κ1) is 29.4. The molecule has 0 bridgehead atoms. The van der Waals surface area contributed by atoms with Crippen LogP contribution < -0.4 is 4.74 Å². The summed E-state index contributed by atoms with van der Waals surface area (Å²) in [5.74, 6) is 0.187. The number of Topliss-reactive ketones (excluding diaryl/α,β-unsaturated/α-hetero) is 2. The molecule has 0 aliphatic heterocycles. The lowest BCUT2D eigenvalue weighted by atomic mass is 9.71. The van der Waals surface area contributed by atoms with Crippen molar-refractivity contribution in [3.8, 4) is 5.75 Å². The van der Waals surface area contributed by atoms with Crippen molar-refractivity contribution in [2.45, 2.75) is 51.2 Å². The van der Waals surface area contributed by atoms with Crippen molar-refractivity contribution < 1.29 is 14.3 Å². The van der Waals surface area contributed by atoms with E-state index >= 15 is 0 Å². The Morgan fingerprint density at radius 3 is 2.24 bits per heavy atom. The number of nitrogens with zero attached hydrogens (tertiary/aromatic N) is 2. The van der Waals surface area contributed by atoms with E-state index in [0.717, 1.165) is 40.4 Å². The van der Waals surface area contributed by atoms with Crippen LogP contribution >= 0.6 is 0 Å². The van der Waals surface area contributed by atoms with E-state index in [1.807, 2.05) is 54.6 Å². The second-order valence-corrected chi connectivity index (χ2v) is 12.2. The van der Waals surface area contributed by atoms with Gasteiger partial charge in [-0.1, -0.05) is 86.1 Å². The number of fused-ring (bicyclic) bond motifs is 2. The molecule has 2 heterocycles. The maximum Gasteiger partial charge on any atom is 0.182 e. The molecule has 46 heavy (non-hydrogen) atoms. The molecule has 228 valence electrons. The third kappa shape index (κ3) is 5.12. The topological polar surface area (TPSA) is 61.2 Å². The molecular weight excluding hydrogens is 568 g/mol. The molecule has 2 aromatic heterocycles. The van der Waals surface area contributed by atoms with E-state index < -0.39 is 5.41 Å². The van der Waals surface area contributed by atoms with Gasteiger partial charge in [0.25, 0.3) is 0 Å². The molecule has 5 nitrogen and oxygen atoms in total. The molecule has 0 saturated carbocycles. The minimum absolute atomic E-state index is 0.130. The van der Waals surface area contributed by atoms with E-state index in [0.29, 0.717) is 29.0 Å². The van der Waals surface area contributed by atoms with Crippen molar-refractivity contribution in [3.05, 3.63) is 167 Å². The van der Waals surface area contributed by atoms with Crippen LogP contribution in [0.3, 0.4) is 0 Å². The highest BCUT2D eigenvalue weighted by Crippen LogP contribution is 2.45. The molecule has 2 atom stereocenters. The average molecular weight is 605 g/mol. The Bertz CT molecular complexity index is 2030. The maximum atomic E-state index is 14.7. The predicted molar refractivity (Wildman–Crippen MR) is 182 cm³/mol. The molecule has 1 aliphatic carbocycles. The zero-order chi connectivity index (χ0) is 31.7. The summed E-state index contributed by atoms with van der Waals surface area (Å²) >= 11 is 0. The van der Waals surface area contributed by atoms with E-state index in [9.17, 15) is 9.59 Å². The molecule has 7 rings (SSSR count). The van der Waals surface area contributed by atoms with Crippen molar-refractivity contribution in [1.29, 1.82) is 0 Å². The summed E-state index contributed by atoms with van der Waals surface area (Å²) in [5, 5.41) is 1.12. The summed E-state index contributed by atoms with van der Waals surface area (Å²) in [6.45, 7) is 4.70. The predicted octanol–water partition coefficient (Wildman–Crippen LogP) is 8.87. The molecule has 1 aliphatic rings. The van der Waals surface area contributed by atoms with Gasteiger partial charge >= 0.3 is 0 Å². The minimum Gasteiger partial charge on any atom is -0.489 e. The number of hydrogen-bond donors (Lipinski definition) is 0. The molecule has 0 radical (unpaired) electrons. The first-order valence-electron chi connectivity index (χ1n) is 16.0. The standard InChI is InChI=1S/C41H36N2O3/c1-3-10-37(31-13-8-5-9-14-31)43-26-28(2)34-17-15-32(23-38(34)43)41(25-29-19-21-42-22-20-29)39(44)35-18-16-33(24-36(35)40(41)45)46-27-30-11-6-4-7-12-30/h4-9,11-24,26,37H,3,10,25,27H2,1-2H3. The fourth-order valence-electron chi connectivity index (χ4n) is 7.00. The van der Waals surface area contributed by atoms with Gasteiger partial charge in [0.1, 0.15) is 17.8 Å². The van der Waals surface area contributed by atoms with Gasteiger partial charge in [-0.05, 0) is 84.0 Å². The van der Waals surface area contributed by atoms with Crippen LogP contribution in [0.1, 0.15) is 74.3 Å². The highest BCUT2D eigenvalue weighted by Gasteiger charge is 2.54. The number of benzene rings is 4. The molecule has 2 unspecified atom stereocenters. The quantitative estimate of drug-likeness (QED) is 0.147. The lowest BCUT2D eigenvalue weighted by Gasteiger charge is -2.27. The summed E-state index contributed by atoms with van der Waals surface area (Å²) in [4.78, 5) is 33.6. The number of pyridine rings is 1. The SMILES string of the molecule is CCCC(c1ccccc1)n1cc(C)c2ccc(C3(Cc4ccncc4)C(=O)c4ccc(OCc5ccccc5)cc4C3=O)cc21. The zero-order valence-corrected chi connectivity index (χ0v) is 26.1. The fraction of sp³-hybridized carbons (Fsp3) is 0.195. The first-order chi connectivity index (χ1) is 22.5. The van der Waals surface area contributed by atoms with Gasteiger partial charge in [0, 0.05) is 40.6 Å². The van der Waals surface area contributed by atoms with Gasteiger partial charge in [0.15, 0.2) is 11.6 Å². The van der Waals surface area contributed by atoms with Crippen molar-refractivity contribution in [2.24, 2.45) is 0 Å². The third-order valence-corrected chi connectivity index (χ3v) is 9.33. The maximum absolute atomic E-state index is 14.7. The van der Waals surface area contributed by atoms with Gasteiger partial charge in [0.05, 0.1) is 6.04 Å². The number of ether oxygens (including phenoxy) is 1. The van der Waals surface area contributed by atoms with Gasteiger partial charge in [-0.2, -0.15) is 0 Å². The van der Waals surface area contributed by atoms with Gasteiger partial charge in [-0.3, -0.25) is 14.6 Å². The van der Waals surface area contributed by atoms with Crippen LogP contribution in [0.5, 0.6) is 5.75 Å². The monoisotopic (exact) mass is 604 g/mol. The van der Waals surface area contributed by atoms with E-state index in [4.69, 9.17) is 4.74 Å². The number of aryl methyl sites for hydroxylation is 1. The summed E-state index contributed by atoms with van der Waals surface area (Å²) in [6.07, 6.45) is 7.86. The van der Waals surface area contributed by atoms with Gasteiger partial charge < -0.3 is 9.30 Å². The van der Waals surface area contributed by atoms with E-state index in [-0.39, 0.29) is 24.0 Å². The molecule has 4 aromatic carbocycles. The first-order valence-corrected chi connectivity index (χ1v) is 16.0. The zero-order valence-electron chi connectivity index (χ0n) is 26.1. The lowest BCUT2D eigenvalue weighted by molar-refractivity contribution is 0.0793. The highest BCUT2D eigenvalue weighted by atomic mass is 16.5. The summed E-state index contributed by atoms with van der Waals surface area (Å²) < 4.78 is 8.42. The average Bonchev–Trinajstić information content (AvgIpc) is 3.54. The van der Waals surface area contributed by atoms with Crippen molar-refractivity contribution in [2.75, 3.05) is 0 Å². The normalized spacial score (nSPS) is 16.5. The molecule has 0 spiro atoms. The van der Waals surface area contributed by atoms with Crippen LogP contribution in [-0.2, 0) is 18.4 Å². The largest absolute Gasteiger partial charge is 0.489 e. The van der Waals surface area contributed by atoms with Crippen molar-refractivity contribution in [3.63, 3.8) is 0 Å². The number of hydrogen-bond acceptors (Lipinski definition) is 4. The van der Waals surface area contributed by atoms with Gasteiger partial charge in [0.2, 0.25) is 0 Å². The van der Waals surface area contributed by atoms with Crippen LogP contribution in [-0.4, -0.2) is 21.1 Å². The second-order valence-electron chi connectivity index (χ2n) is 12.2. The van der Waals surface area contributed by atoms with Gasteiger partial charge in [-0.15, -0.1) is 0 Å². The number of rotatable bonds is 10. The number of aromatic nitrogens is 2. The fourth-order valence-corrected chi connectivity index (χ4v) is 7.00. The molecule has 6 aromatic rings. The summed E-state index contributed by atoms with van der Waals surface area (Å²) in [6, 6.07) is 35.8. The molecule has 0 amide bonds. The third-order valence-electron chi connectivity index (χ3n) is 9.33. The Morgan fingerprint density at radius 1 is 0.783 bits per heavy atom. The second kappa shape index (κ2) is 12.2. The Morgan fingerprint density at radius 2 is 1.50 bits per heavy atom. The number of carbonyl (C=O) groups excluding carboxylic acids is 2. The summed E-state index contributed by atoms with van der Waals surface area (Å²) in [7, 11) is 0. The van der Waals surface area contributed by atoms with Crippen LogP contribution in [0.15, 0.2) is 128 Å². The van der Waals surface area contributed by atoms with E-state index in [1.165, 1.54) is 5.56 Å². The highest BCUT2D eigenvalue weighted by molar-refractivity contribution is 6.33. The van der Waals surface area contributed by atoms with Crippen molar-refractivity contribution in [1.82, 2.24) is 9.55 Å². The van der Waals surface area contributed by atoms with E-state index in [2.05, 4.69) is 66.0 Å². The number of carbonyl (C=O) groups is 2. The Hall–Kier alpha value is -5.29. The molecule has 5 heteroatoms. The Labute approximate surface area is 269 Å². The number of ketones is 2. The molecule has 0 N–H and O–H groups in total. The van der Waals surface area contributed by atoms with E-state index in [1.54, 1.807) is 30.6 Å². The van der Waals surface area contributed by atoms with Crippen LogP contribution in [0, 0.1) is 6.92 Å². The van der Waals surface area contributed by atoms with Crippen molar-refractivity contribution >= 4 is 22.5 Å². The lowest BCUT2D eigenvalue weighted by Crippen LogP contribution is -2.40. The minimum atomic E-state index is -1.41. The smallest absolute Gasteiger partial charge is 0.182 e. The Balaban J connectivity index is 1.35. The van der Waals surface area contributed by atoms with Crippen LogP contribution in [0.2, 0.25) is 0 Å².